The molecule has 9 heteroatoms. The lowest BCUT2D eigenvalue weighted by Gasteiger charge is -2.33. The largest absolute Gasteiger partial charge is 0.490 e. The first-order chi connectivity index (χ1) is 14.4. The molecule has 1 atom stereocenters. The lowest BCUT2D eigenvalue weighted by atomic mass is 10.2. The third kappa shape index (κ3) is 5.54. The number of ether oxygens (including phenoxy) is 3. The maximum atomic E-state index is 13.0. The van der Waals surface area contributed by atoms with E-state index in [-0.39, 0.29) is 17.5 Å². The molecule has 8 nitrogen and oxygen atoms in total. The summed E-state index contributed by atoms with van der Waals surface area (Å²) < 4.78 is 51.1. The molecule has 0 saturated carbocycles. The molecular formula is C21H30N2O6S. The van der Waals surface area contributed by atoms with Crippen LogP contribution in [0.5, 0.6) is 11.5 Å². The van der Waals surface area contributed by atoms with E-state index in [1.54, 1.807) is 6.07 Å². The Morgan fingerprint density at radius 1 is 1.07 bits per heavy atom. The molecule has 1 N–H and O–H groups in total. The van der Waals surface area contributed by atoms with Crippen LogP contribution in [-0.2, 0) is 14.8 Å². The fourth-order valence-electron chi connectivity index (χ4n) is 3.40. The van der Waals surface area contributed by atoms with Crippen molar-refractivity contribution in [3.05, 3.63) is 41.9 Å². The molecule has 2 heterocycles. The number of furan rings is 1. The van der Waals surface area contributed by atoms with E-state index in [9.17, 15) is 8.42 Å². The Balaban J connectivity index is 1.79. The minimum absolute atomic E-state index is 0.130. The Morgan fingerprint density at radius 3 is 2.40 bits per heavy atom. The van der Waals surface area contributed by atoms with E-state index >= 15 is 0 Å². The molecule has 1 aliphatic heterocycles. The van der Waals surface area contributed by atoms with Gasteiger partial charge in [0.15, 0.2) is 11.5 Å². The molecule has 1 saturated heterocycles. The zero-order chi connectivity index (χ0) is 21.6. The van der Waals surface area contributed by atoms with Gasteiger partial charge in [-0.05, 0) is 45.0 Å². The van der Waals surface area contributed by atoms with Gasteiger partial charge in [0.05, 0.1) is 37.4 Å². The first-order valence-corrected chi connectivity index (χ1v) is 11.7. The van der Waals surface area contributed by atoms with Crippen molar-refractivity contribution in [1.82, 2.24) is 9.62 Å². The summed E-state index contributed by atoms with van der Waals surface area (Å²) in [5.74, 6) is 2.46. The van der Waals surface area contributed by atoms with Crippen molar-refractivity contribution in [2.24, 2.45) is 0 Å². The standard InChI is InChI=1S/C21H30N2O6S/c1-4-27-20-9-7-17(14-21(20)28-5-2)30(24,25)22-15-18(19-8-6-16(3)29-19)23-10-12-26-13-11-23/h6-9,14,18,22H,4-5,10-13,15H2,1-3H3. The molecule has 1 fully saturated rings. The van der Waals surface area contributed by atoms with E-state index in [1.165, 1.54) is 12.1 Å². The van der Waals surface area contributed by atoms with Crippen molar-refractivity contribution >= 4 is 10.0 Å². The summed E-state index contributed by atoms with van der Waals surface area (Å²) in [4.78, 5) is 2.31. The molecule has 1 unspecified atom stereocenters. The van der Waals surface area contributed by atoms with Crippen LogP contribution in [0.25, 0.3) is 0 Å². The average Bonchev–Trinajstić information content (AvgIpc) is 3.16. The first-order valence-electron chi connectivity index (χ1n) is 10.2. The molecule has 0 spiro atoms. The summed E-state index contributed by atoms with van der Waals surface area (Å²) in [5, 5.41) is 0. The van der Waals surface area contributed by atoms with Gasteiger partial charge >= 0.3 is 0 Å². The van der Waals surface area contributed by atoms with E-state index in [4.69, 9.17) is 18.6 Å². The molecule has 1 aromatic carbocycles. The number of benzene rings is 1. The molecule has 2 aromatic rings. The molecule has 0 amide bonds. The Morgan fingerprint density at radius 2 is 1.77 bits per heavy atom. The third-order valence-electron chi connectivity index (χ3n) is 4.87. The number of aryl methyl sites for hydroxylation is 1. The van der Waals surface area contributed by atoms with Gasteiger partial charge in [-0.25, -0.2) is 13.1 Å². The SMILES string of the molecule is CCOc1ccc(S(=O)(=O)NCC(c2ccc(C)o2)N2CCOCC2)cc1OCC. The number of hydrogen-bond donors (Lipinski definition) is 1. The van der Waals surface area contributed by atoms with Gasteiger partial charge in [0.25, 0.3) is 0 Å². The normalized spacial score (nSPS) is 16.4. The lowest BCUT2D eigenvalue weighted by Crippen LogP contribution is -2.43. The Bertz CT molecular complexity index is 921. The number of morpholine rings is 1. The second-order valence-electron chi connectivity index (χ2n) is 6.94. The Kier molecular flexibility index (Phi) is 7.76. The molecule has 0 radical (unpaired) electrons. The second-order valence-corrected chi connectivity index (χ2v) is 8.71. The van der Waals surface area contributed by atoms with Crippen LogP contribution in [0.4, 0.5) is 0 Å². The second kappa shape index (κ2) is 10.3. The molecule has 1 aromatic heterocycles. The molecule has 0 aliphatic carbocycles. The number of sulfonamides is 1. The maximum Gasteiger partial charge on any atom is 0.240 e. The molecule has 0 bridgehead atoms. The summed E-state index contributed by atoms with van der Waals surface area (Å²) in [5.41, 5.74) is 0. The van der Waals surface area contributed by atoms with Crippen LogP contribution < -0.4 is 14.2 Å². The summed E-state index contributed by atoms with van der Waals surface area (Å²) >= 11 is 0. The molecular weight excluding hydrogens is 408 g/mol. The van der Waals surface area contributed by atoms with Gasteiger partial charge in [0, 0.05) is 25.7 Å². The summed E-state index contributed by atoms with van der Waals surface area (Å²) in [6.45, 7) is 9.29. The highest BCUT2D eigenvalue weighted by molar-refractivity contribution is 7.89. The van der Waals surface area contributed by atoms with E-state index in [2.05, 4.69) is 9.62 Å². The Labute approximate surface area is 178 Å². The predicted octanol–water partition coefficient (Wildman–Crippen LogP) is 2.74. The number of rotatable bonds is 10. The summed E-state index contributed by atoms with van der Waals surface area (Å²) in [6, 6.07) is 8.21. The fraction of sp³-hybridized carbons (Fsp3) is 0.524. The summed E-state index contributed by atoms with van der Waals surface area (Å²) in [6.07, 6.45) is 0. The van der Waals surface area contributed by atoms with Crippen molar-refractivity contribution in [3.8, 4) is 11.5 Å². The average molecular weight is 439 g/mol. The smallest absolute Gasteiger partial charge is 0.240 e. The van der Waals surface area contributed by atoms with Gasteiger partial charge in [0.1, 0.15) is 11.5 Å². The highest BCUT2D eigenvalue weighted by atomic mass is 32.2. The van der Waals surface area contributed by atoms with Crippen LogP contribution in [0.2, 0.25) is 0 Å². The highest BCUT2D eigenvalue weighted by Crippen LogP contribution is 2.30. The number of hydrogen-bond acceptors (Lipinski definition) is 7. The molecule has 1 aliphatic rings. The topological polar surface area (TPSA) is 90.2 Å². The van der Waals surface area contributed by atoms with Crippen molar-refractivity contribution < 1.29 is 27.0 Å². The molecule has 166 valence electrons. The van der Waals surface area contributed by atoms with Gasteiger partial charge in [0.2, 0.25) is 10.0 Å². The predicted molar refractivity (Wildman–Crippen MR) is 113 cm³/mol. The van der Waals surface area contributed by atoms with Crippen LogP contribution in [-0.4, -0.2) is 59.4 Å². The van der Waals surface area contributed by atoms with Gasteiger partial charge in [-0.15, -0.1) is 0 Å². The monoisotopic (exact) mass is 438 g/mol. The Hall–Kier alpha value is -2.07. The quantitative estimate of drug-likeness (QED) is 0.610. The third-order valence-corrected chi connectivity index (χ3v) is 6.29. The van der Waals surface area contributed by atoms with E-state index in [0.717, 1.165) is 11.5 Å². The van der Waals surface area contributed by atoms with Crippen molar-refractivity contribution in [2.45, 2.75) is 31.7 Å². The maximum absolute atomic E-state index is 13.0. The van der Waals surface area contributed by atoms with Crippen LogP contribution in [0.15, 0.2) is 39.6 Å². The number of nitrogens with zero attached hydrogens (tertiary/aromatic N) is 1. The van der Waals surface area contributed by atoms with Crippen LogP contribution in [0.3, 0.4) is 0 Å². The highest BCUT2D eigenvalue weighted by Gasteiger charge is 2.27. The minimum Gasteiger partial charge on any atom is -0.490 e. The zero-order valence-corrected chi connectivity index (χ0v) is 18.5. The van der Waals surface area contributed by atoms with E-state index in [0.29, 0.717) is 51.0 Å². The van der Waals surface area contributed by atoms with Gasteiger partial charge in [-0.1, -0.05) is 0 Å². The molecule has 30 heavy (non-hydrogen) atoms. The fourth-order valence-corrected chi connectivity index (χ4v) is 4.46. The van der Waals surface area contributed by atoms with Crippen LogP contribution in [0.1, 0.15) is 31.4 Å². The van der Waals surface area contributed by atoms with E-state index in [1.807, 2.05) is 32.9 Å². The van der Waals surface area contributed by atoms with Gasteiger partial charge < -0.3 is 18.6 Å². The van der Waals surface area contributed by atoms with Crippen molar-refractivity contribution in [3.63, 3.8) is 0 Å². The summed E-state index contributed by atoms with van der Waals surface area (Å²) in [7, 11) is -3.75. The zero-order valence-electron chi connectivity index (χ0n) is 17.7. The van der Waals surface area contributed by atoms with Crippen LogP contribution in [0, 0.1) is 6.92 Å². The van der Waals surface area contributed by atoms with Crippen LogP contribution >= 0.6 is 0 Å². The van der Waals surface area contributed by atoms with Gasteiger partial charge in [-0.2, -0.15) is 0 Å². The number of nitrogens with one attached hydrogen (secondary N) is 1. The van der Waals surface area contributed by atoms with Crippen molar-refractivity contribution in [1.29, 1.82) is 0 Å². The van der Waals surface area contributed by atoms with Gasteiger partial charge in [-0.3, -0.25) is 4.90 Å². The van der Waals surface area contributed by atoms with E-state index < -0.39 is 10.0 Å². The first kappa shape index (κ1) is 22.6. The molecule has 3 rings (SSSR count). The minimum atomic E-state index is -3.75. The van der Waals surface area contributed by atoms with Crippen molar-refractivity contribution in [2.75, 3.05) is 46.1 Å². The lowest BCUT2D eigenvalue weighted by molar-refractivity contribution is 0.0127.